The van der Waals surface area contributed by atoms with Crippen molar-refractivity contribution in [2.75, 3.05) is 19.3 Å². The number of benzene rings is 1. The number of amides is 2. The highest BCUT2D eigenvalue weighted by atomic mass is 35.5. The van der Waals surface area contributed by atoms with E-state index in [1.54, 1.807) is 17.9 Å². The summed E-state index contributed by atoms with van der Waals surface area (Å²) in [5, 5.41) is 12.9. The highest BCUT2D eigenvalue weighted by Crippen LogP contribution is 2.35. The molecule has 2 amide bonds. The van der Waals surface area contributed by atoms with Gasteiger partial charge in [0.05, 0.1) is 10.0 Å². The van der Waals surface area contributed by atoms with E-state index in [9.17, 15) is 19.5 Å². The van der Waals surface area contributed by atoms with Crippen molar-refractivity contribution in [3.63, 3.8) is 0 Å². The van der Waals surface area contributed by atoms with Crippen LogP contribution in [0.4, 0.5) is 0 Å². The van der Waals surface area contributed by atoms with E-state index in [1.807, 2.05) is 25.3 Å². The fraction of sp³-hybridized carbons (Fsp3) is 0.500. The summed E-state index contributed by atoms with van der Waals surface area (Å²) in [6.45, 7) is 4.56. The van der Waals surface area contributed by atoms with Gasteiger partial charge in [-0.3, -0.25) is 9.59 Å². The third-order valence-corrected chi connectivity index (χ3v) is 7.44. The zero-order valence-electron chi connectivity index (χ0n) is 17.9. The van der Waals surface area contributed by atoms with Gasteiger partial charge in [-0.05, 0) is 42.7 Å². The Kier molecular flexibility index (Phi) is 9.72. The van der Waals surface area contributed by atoms with E-state index in [0.29, 0.717) is 48.0 Å². The number of likely N-dealkylation sites (tertiary alicyclic amines) is 1. The Bertz CT molecular complexity index is 854. The van der Waals surface area contributed by atoms with Crippen LogP contribution < -0.4 is 5.32 Å². The second-order valence-corrected chi connectivity index (χ2v) is 9.23. The van der Waals surface area contributed by atoms with Crippen LogP contribution in [-0.2, 0) is 14.4 Å². The van der Waals surface area contributed by atoms with Crippen molar-refractivity contribution >= 4 is 58.8 Å². The molecule has 2 atom stereocenters. The fourth-order valence-electron chi connectivity index (χ4n) is 3.42. The van der Waals surface area contributed by atoms with Crippen molar-refractivity contribution in [2.45, 2.75) is 44.0 Å². The molecule has 0 radical (unpaired) electrons. The Labute approximate surface area is 197 Å². The summed E-state index contributed by atoms with van der Waals surface area (Å²) in [5.41, 5.74) is 0.664. The van der Waals surface area contributed by atoms with Crippen molar-refractivity contribution in [3.05, 3.63) is 33.8 Å². The molecule has 170 valence electrons. The lowest BCUT2D eigenvalue weighted by atomic mass is 9.93. The summed E-state index contributed by atoms with van der Waals surface area (Å²) in [4.78, 5) is 39.0. The minimum atomic E-state index is -1.02. The molecule has 1 aromatic carbocycles. The first-order valence-electron chi connectivity index (χ1n) is 10.2. The average Bonchev–Trinajstić information content (AvgIpc) is 2.77. The van der Waals surface area contributed by atoms with Crippen molar-refractivity contribution in [1.29, 1.82) is 0 Å². The molecule has 6 nitrogen and oxygen atoms in total. The summed E-state index contributed by atoms with van der Waals surface area (Å²) >= 11 is 14.0. The molecule has 1 aromatic rings. The van der Waals surface area contributed by atoms with Gasteiger partial charge in [0.2, 0.25) is 11.8 Å². The second-order valence-electron chi connectivity index (χ2n) is 7.63. The van der Waals surface area contributed by atoms with Gasteiger partial charge in [-0.1, -0.05) is 49.5 Å². The maximum atomic E-state index is 12.5. The van der Waals surface area contributed by atoms with Crippen molar-refractivity contribution in [1.82, 2.24) is 10.2 Å². The molecule has 0 saturated carbocycles. The van der Waals surface area contributed by atoms with Crippen LogP contribution in [-0.4, -0.2) is 53.2 Å². The SMILES string of the molecule is CCC(C)C(NC(=O)C1CCN(C(=O)C=Cc2ccc(SC)c(Cl)c2Cl)CC1)C(=O)O. The highest BCUT2D eigenvalue weighted by Gasteiger charge is 2.31. The lowest BCUT2D eigenvalue weighted by Gasteiger charge is -2.31. The molecular formula is C22H28Cl2N2O4S. The average molecular weight is 487 g/mol. The first-order valence-corrected chi connectivity index (χ1v) is 12.2. The molecule has 0 spiro atoms. The largest absolute Gasteiger partial charge is 0.480 e. The van der Waals surface area contributed by atoms with E-state index in [-0.39, 0.29) is 23.7 Å². The quantitative estimate of drug-likeness (QED) is 0.414. The molecule has 0 bridgehead atoms. The standard InChI is InChI=1S/C22H28Cl2N2O4S/c1-4-13(2)20(22(29)30)25-21(28)15-9-11-26(12-10-15)17(27)8-6-14-5-7-16(31-3)19(24)18(14)23/h5-8,13,15,20H,4,9-12H2,1-3H3,(H,25,28)(H,29,30). The zero-order valence-corrected chi connectivity index (χ0v) is 20.2. The molecule has 1 aliphatic rings. The van der Waals surface area contributed by atoms with Gasteiger partial charge in [-0.2, -0.15) is 0 Å². The van der Waals surface area contributed by atoms with Gasteiger partial charge in [0, 0.05) is 30.0 Å². The topological polar surface area (TPSA) is 86.7 Å². The molecule has 31 heavy (non-hydrogen) atoms. The van der Waals surface area contributed by atoms with Crippen molar-refractivity contribution in [2.24, 2.45) is 11.8 Å². The summed E-state index contributed by atoms with van der Waals surface area (Å²) in [5.74, 6) is -1.90. The maximum absolute atomic E-state index is 12.5. The molecule has 2 N–H and O–H groups in total. The Hall–Kier alpha value is -1.70. The number of halogens is 2. The third-order valence-electron chi connectivity index (χ3n) is 5.66. The van der Waals surface area contributed by atoms with Gasteiger partial charge in [0.1, 0.15) is 6.04 Å². The molecule has 9 heteroatoms. The number of aliphatic carboxylic acids is 1. The second kappa shape index (κ2) is 11.8. The molecule has 2 rings (SSSR count). The van der Waals surface area contributed by atoms with Gasteiger partial charge in [-0.25, -0.2) is 4.79 Å². The van der Waals surface area contributed by atoms with Crippen molar-refractivity contribution < 1.29 is 19.5 Å². The number of carboxylic acid groups (broad SMARTS) is 1. The van der Waals surface area contributed by atoms with E-state index >= 15 is 0 Å². The number of nitrogens with one attached hydrogen (secondary N) is 1. The van der Waals surface area contributed by atoms with Crippen LogP contribution in [0.5, 0.6) is 0 Å². The number of carbonyl (C=O) groups is 3. The number of piperidine rings is 1. The van der Waals surface area contributed by atoms with Crippen LogP contribution in [0.2, 0.25) is 10.0 Å². The predicted molar refractivity (Wildman–Crippen MR) is 126 cm³/mol. The molecule has 1 aliphatic heterocycles. The number of hydrogen-bond acceptors (Lipinski definition) is 4. The van der Waals surface area contributed by atoms with Gasteiger partial charge >= 0.3 is 5.97 Å². The first kappa shape index (κ1) is 25.6. The number of rotatable bonds is 8. The normalized spacial score (nSPS) is 16.9. The highest BCUT2D eigenvalue weighted by molar-refractivity contribution is 7.98. The molecule has 1 heterocycles. The third kappa shape index (κ3) is 6.64. The predicted octanol–water partition coefficient (Wildman–Crippen LogP) is 4.58. The van der Waals surface area contributed by atoms with Crippen LogP contribution in [0.3, 0.4) is 0 Å². The van der Waals surface area contributed by atoms with Crippen LogP contribution in [0.15, 0.2) is 23.1 Å². The van der Waals surface area contributed by atoms with Crippen LogP contribution in [0, 0.1) is 11.8 Å². The molecule has 1 saturated heterocycles. The minimum absolute atomic E-state index is 0.154. The number of nitrogens with zero attached hydrogens (tertiary/aromatic N) is 1. The number of hydrogen-bond donors (Lipinski definition) is 2. The molecular weight excluding hydrogens is 459 g/mol. The van der Waals surface area contributed by atoms with E-state index in [1.165, 1.54) is 17.8 Å². The lowest BCUT2D eigenvalue weighted by Crippen LogP contribution is -2.49. The maximum Gasteiger partial charge on any atom is 0.326 e. The van der Waals surface area contributed by atoms with Crippen molar-refractivity contribution in [3.8, 4) is 0 Å². The van der Waals surface area contributed by atoms with Gasteiger partial charge in [0.25, 0.3) is 0 Å². The summed E-state index contributed by atoms with van der Waals surface area (Å²) in [6.07, 6.45) is 6.65. The molecule has 2 unspecified atom stereocenters. The zero-order chi connectivity index (χ0) is 23.1. The van der Waals surface area contributed by atoms with Crippen LogP contribution in [0.1, 0.15) is 38.7 Å². The molecule has 1 fully saturated rings. The first-order chi connectivity index (χ1) is 14.7. The van der Waals surface area contributed by atoms with Crippen LogP contribution >= 0.6 is 35.0 Å². The Morgan fingerprint density at radius 3 is 2.45 bits per heavy atom. The Morgan fingerprint density at radius 1 is 1.26 bits per heavy atom. The van der Waals surface area contributed by atoms with Gasteiger partial charge < -0.3 is 15.3 Å². The van der Waals surface area contributed by atoms with Crippen LogP contribution in [0.25, 0.3) is 6.08 Å². The Morgan fingerprint density at radius 2 is 1.90 bits per heavy atom. The number of carboxylic acids is 1. The Balaban J connectivity index is 1.93. The molecule has 0 aliphatic carbocycles. The van der Waals surface area contributed by atoms with E-state index in [2.05, 4.69) is 5.32 Å². The number of carbonyl (C=O) groups excluding carboxylic acids is 2. The monoisotopic (exact) mass is 486 g/mol. The minimum Gasteiger partial charge on any atom is -0.480 e. The fourth-order valence-corrected chi connectivity index (χ4v) is 4.59. The summed E-state index contributed by atoms with van der Waals surface area (Å²) < 4.78 is 0. The van der Waals surface area contributed by atoms with Gasteiger partial charge in [-0.15, -0.1) is 11.8 Å². The summed E-state index contributed by atoms with van der Waals surface area (Å²) in [6, 6.07) is 2.78. The van der Waals surface area contributed by atoms with E-state index in [0.717, 1.165) is 4.90 Å². The number of thioether (sulfide) groups is 1. The van der Waals surface area contributed by atoms with Gasteiger partial charge in [0.15, 0.2) is 0 Å². The van der Waals surface area contributed by atoms with E-state index < -0.39 is 12.0 Å². The molecule has 0 aromatic heterocycles. The lowest BCUT2D eigenvalue weighted by molar-refractivity contribution is -0.144. The van der Waals surface area contributed by atoms with E-state index in [4.69, 9.17) is 23.2 Å². The smallest absolute Gasteiger partial charge is 0.326 e. The summed E-state index contributed by atoms with van der Waals surface area (Å²) in [7, 11) is 0.